The Bertz CT molecular complexity index is 587. The van der Waals surface area contributed by atoms with Gasteiger partial charge in [-0.1, -0.05) is 17.7 Å². The van der Waals surface area contributed by atoms with E-state index in [1.807, 2.05) is 13.0 Å². The first kappa shape index (κ1) is 11.5. The zero-order chi connectivity index (χ0) is 12.4. The highest BCUT2D eigenvalue weighted by molar-refractivity contribution is 6.31. The lowest BCUT2D eigenvalue weighted by Crippen LogP contribution is -1.93. The van der Waals surface area contributed by atoms with Gasteiger partial charge in [0, 0.05) is 35.3 Å². The van der Waals surface area contributed by atoms with Crippen LogP contribution >= 0.6 is 11.6 Å². The first-order valence-electron chi connectivity index (χ1n) is 4.81. The van der Waals surface area contributed by atoms with E-state index in [9.17, 15) is 10.1 Å². The molecule has 0 radical (unpaired) electrons. The van der Waals surface area contributed by atoms with Crippen LogP contribution in [-0.4, -0.2) is 14.9 Å². The van der Waals surface area contributed by atoms with Gasteiger partial charge in [-0.05, 0) is 13.0 Å². The quantitative estimate of drug-likeness (QED) is 0.466. The van der Waals surface area contributed by atoms with E-state index in [0.717, 1.165) is 11.3 Å². The van der Waals surface area contributed by atoms with Crippen molar-refractivity contribution in [2.45, 2.75) is 6.92 Å². The Hall–Kier alpha value is -2.01. The first-order valence-corrected chi connectivity index (χ1v) is 5.19. The summed E-state index contributed by atoms with van der Waals surface area (Å²) in [5, 5.41) is 10.6. The lowest BCUT2D eigenvalue weighted by Gasteiger charge is -2.04. The van der Waals surface area contributed by atoms with Gasteiger partial charge in [0.05, 0.1) is 4.92 Å². The van der Waals surface area contributed by atoms with Gasteiger partial charge in [-0.3, -0.25) is 15.1 Å². The highest BCUT2D eigenvalue weighted by Crippen LogP contribution is 2.28. The molecule has 5 nitrogen and oxygen atoms in total. The molecule has 0 saturated carbocycles. The van der Waals surface area contributed by atoms with E-state index in [0.29, 0.717) is 5.56 Å². The van der Waals surface area contributed by atoms with Crippen molar-refractivity contribution in [2.75, 3.05) is 0 Å². The van der Waals surface area contributed by atoms with Crippen LogP contribution in [0.25, 0.3) is 11.1 Å². The van der Waals surface area contributed by atoms with Gasteiger partial charge in [0.2, 0.25) is 5.15 Å². The minimum absolute atomic E-state index is 0.111. The second-order valence-corrected chi connectivity index (χ2v) is 3.79. The standard InChI is InChI=1S/C11H8ClN3O2/c1-7-9(3-2-4-13-7)8-5-10(15(16)17)11(12)14-6-8/h2-6H,1H3. The molecule has 0 N–H and O–H groups in total. The third kappa shape index (κ3) is 2.24. The van der Waals surface area contributed by atoms with Crippen LogP contribution in [0.4, 0.5) is 5.69 Å². The lowest BCUT2D eigenvalue weighted by atomic mass is 10.1. The largest absolute Gasteiger partial charge is 0.307 e. The van der Waals surface area contributed by atoms with Crippen LogP contribution < -0.4 is 0 Å². The van der Waals surface area contributed by atoms with Crippen molar-refractivity contribution in [3.63, 3.8) is 0 Å². The smallest absolute Gasteiger partial charge is 0.261 e. The van der Waals surface area contributed by atoms with Crippen LogP contribution in [0, 0.1) is 17.0 Å². The Morgan fingerprint density at radius 1 is 1.41 bits per heavy atom. The lowest BCUT2D eigenvalue weighted by molar-refractivity contribution is -0.385. The Morgan fingerprint density at radius 3 is 2.82 bits per heavy atom. The van der Waals surface area contributed by atoms with Crippen molar-refractivity contribution in [2.24, 2.45) is 0 Å². The predicted molar refractivity (Wildman–Crippen MR) is 63.9 cm³/mol. The predicted octanol–water partition coefficient (Wildman–Crippen LogP) is 3.01. The fourth-order valence-electron chi connectivity index (χ4n) is 1.50. The maximum Gasteiger partial charge on any atom is 0.307 e. The molecule has 2 rings (SSSR count). The van der Waals surface area contributed by atoms with Gasteiger partial charge in [0.1, 0.15) is 0 Å². The Balaban J connectivity index is 2.58. The van der Waals surface area contributed by atoms with Crippen LogP contribution in [-0.2, 0) is 0 Å². The van der Waals surface area contributed by atoms with Gasteiger partial charge < -0.3 is 0 Å². The Labute approximate surface area is 102 Å². The summed E-state index contributed by atoms with van der Waals surface area (Å²) in [6, 6.07) is 5.00. The second kappa shape index (κ2) is 4.47. The van der Waals surface area contributed by atoms with Crippen molar-refractivity contribution in [3.05, 3.63) is 51.6 Å². The zero-order valence-electron chi connectivity index (χ0n) is 8.92. The molecule has 2 aromatic rings. The molecule has 0 saturated heterocycles. The van der Waals surface area contributed by atoms with Crippen LogP contribution in [0.2, 0.25) is 5.15 Å². The fraction of sp³-hybridized carbons (Fsp3) is 0.0909. The third-order valence-electron chi connectivity index (χ3n) is 2.34. The van der Waals surface area contributed by atoms with Crippen molar-refractivity contribution >= 4 is 17.3 Å². The molecule has 17 heavy (non-hydrogen) atoms. The molecule has 6 heteroatoms. The molecular weight excluding hydrogens is 242 g/mol. The van der Waals surface area contributed by atoms with Gasteiger partial charge in [-0.15, -0.1) is 0 Å². The van der Waals surface area contributed by atoms with Crippen molar-refractivity contribution in [1.29, 1.82) is 0 Å². The molecule has 0 aromatic carbocycles. The third-order valence-corrected chi connectivity index (χ3v) is 2.63. The van der Waals surface area contributed by atoms with Crippen molar-refractivity contribution < 1.29 is 4.92 Å². The maximum absolute atomic E-state index is 10.8. The van der Waals surface area contributed by atoms with Gasteiger partial charge in [0.25, 0.3) is 0 Å². The van der Waals surface area contributed by atoms with Gasteiger partial charge >= 0.3 is 5.69 Å². The summed E-state index contributed by atoms with van der Waals surface area (Å²) in [6.45, 7) is 1.83. The van der Waals surface area contributed by atoms with E-state index in [1.165, 1.54) is 12.3 Å². The number of hydrogen-bond acceptors (Lipinski definition) is 4. The average molecular weight is 250 g/mol. The summed E-state index contributed by atoms with van der Waals surface area (Å²) < 4.78 is 0. The molecule has 0 bridgehead atoms. The molecule has 0 unspecified atom stereocenters. The number of halogens is 1. The minimum atomic E-state index is -0.551. The molecule has 2 aromatic heterocycles. The van der Waals surface area contributed by atoms with Crippen LogP contribution in [0.1, 0.15) is 5.69 Å². The topological polar surface area (TPSA) is 68.9 Å². The second-order valence-electron chi connectivity index (χ2n) is 3.43. The normalized spacial score (nSPS) is 10.2. The van der Waals surface area contributed by atoms with Crippen molar-refractivity contribution in [1.82, 2.24) is 9.97 Å². The first-order chi connectivity index (χ1) is 8.09. The van der Waals surface area contributed by atoms with Crippen LogP contribution in [0.5, 0.6) is 0 Å². The van der Waals surface area contributed by atoms with Gasteiger partial charge in [0.15, 0.2) is 0 Å². The summed E-state index contributed by atoms with van der Waals surface area (Å²) in [7, 11) is 0. The number of nitro groups is 1. The van der Waals surface area contributed by atoms with Crippen LogP contribution in [0.3, 0.4) is 0 Å². The summed E-state index contributed by atoms with van der Waals surface area (Å²) in [5.41, 5.74) is 2.02. The van der Waals surface area contributed by atoms with E-state index in [2.05, 4.69) is 9.97 Å². The number of hydrogen-bond donors (Lipinski definition) is 0. The van der Waals surface area contributed by atoms with E-state index in [-0.39, 0.29) is 10.8 Å². The Kier molecular flexibility index (Phi) is 3.01. The summed E-state index contributed by atoms with van der Waals surface area (Å²) >= 11 is 5.65. The molecule has 0 aliphatic carbocycles. The zero-order valence-corrected chi connectivity index (χ0v) is 9.68. The monoisotopic (exact) mass is 249 g/mol. The van der Waals surface area contributed by atoms with Gasteiger partial charge in [-0.2, -0.15) is 0 Å². The SMILES string of the molecule is Cc1ncccc1-c1cnc(Cl)c([N+](=O)[O-])c1. The van der Waals surface area contributed by atoms with Crippen molar-refractivity contribution in [3.8, 4) is 11.1 Å². The molecule has 0 atom stereocenters. The molecule has 86 valence electrons. The van der Waals surface area contributed by atoms with E-state index in [1.54, 1.807) is 12.3 Å². The number of nitrogens with zero attached hydrogens (tertiary/aromatic N) is 3. The molecule has 0 aliphatic rings. The molecule has 0 spiro atoms. The highest BCUT2D eigenvalue weighted by atomic mass is 35.5. The number of aromatic nitrogens is 2. The fourth-order valence-corrected chi connectivity index (χ4v) is 1.67. The van der Waals surface area contributed by atoms with E-state index in [4.69, 9.17) is 11.6 Å². The number of pyridine rings is 2. The Morgan fingerprint density at radius 2 is 2.18 bits per heavy atom. The van der Waals surface area contributed by atoms with E-state index >= 15 is 0 Å². The summed E-state index contributed by atoms with van der Waals surface area (Å²) in [6.07, 6.45) is 3.16. The van der Waals surface area contributed by atoms with E-state index < -0.39 is 4.92 Å². The maximum atomic E-state index is 10.8. The summed E-state index contributed by atoms with van der Waals surface area (Å²) in [4.78, 5) is 18.1. The minimum Gasteiger partial charge on any atom is -0.261 e. The number of rotatable bonds is 2. The van der Waals surface area contributed by atoms with Crippen LogP contribution in [0.15, 0.2) is 30.6 Å². The molecule has 0 fully saturated rings. The number of aryl methyl sites for hydroxylation is 1. The molecule has 2 heterocycles. The van der Waals surface area contributed by atoms with Gasteiger partial charge in [-0.25, -0.2) is 4.98 Å². The molecule has 0 amide bonds. The highest BCUT2D eigenvalue weighted by Gasteiger charge is 2.15. The average Bonchev–Trinajstić information content (AvgIpc) is 2.30. The molecular formula is C11H8ClN3O2. The summed E-state index contributed by atoms with van der Waals surface area (Å²) in [5.74, 6) is 0. The molecule has 0 aliphatic heterocycles.